The van der Waals surface area contributed by atoms with Crippen LogP contribution in [0, 0.1) is 6.92 Å². The molecule has 0 aromatic carbocycles. The second-order valence-electron chi connectivity index (χ2n) is 5.93. The van der Waals surface area contributed by atoms with Gasteiger partial charge in [0.25, 0.3) is 5.91 Å². The fourth-order valence-electron chi connectivity index (χ4n) is 2.78. The molecule has 8 nitrogen and oxygen atoms in total. The lowest BCUT2D eigenvalue weighted by atomic mass is 10.1. The number of hydrogen-bond acceptors (Lipinski definition) is 6. The number of aromatic nitrogens is 5. The molecule has 0 atom stereocenters. The number of hydrazine groups is 1. The van der Waals surface area contributed by atoms with E-state index in [1.165, 1.54) is 0 Å². The maximum absolute atomic E-state index is 12.7. The predicted molar refractivity (Wildman–Crippen MR) is 88.3 cm³/mol. The number of rotatable bonds is 4. The molecule has 1 aliphatic rings. The highest BCUT2D eigenvalue weighted by Crippen LogP contribution is 2.40. The molecule has 0 unspecified atom stereocenters. The summed E-state index contributed by atoms with van der Waals surface area (Å²) in [6.07, 6.45) is 5.43. The number of carbonyl (C=O) groups excluding carboxylic acids is 1. The molecule has 3 aromatic rings. The minimum Gasteiger partial charge on any atom is -0.267 e. The minimum absolute atomic E-state index is 0.257. The third-order valence-electron chi connectivity index (χ3n) is 4.08. The number of amides is 1. The van der Waals surface area contributed by atoms with Crippen LogP contribution < -0.4 is 10.9 Å². The van der Waals surface area contributed by atoms with E-state index in [0.717, 1.165) is 35.3 Å². The van der Waals surface area contributed by atoms with Crippen molar-refractivity contribution in [1.82, 2.24) is 30.2 Å². The minimum atomic E-state index is -0.257. The van der Waals surface area contributed by atoms with Crippen LogP contribution in [0.2, 0.25) is 0 Å². The normalized spacial score (nSPS) is 13.9. The van der Waals surface area contributed by atoms with E-state index >= 15 is 0 Å². The van der Waals surface area contributed by atoms with Crippen molar-refractivity contribution in [3.8, 4) is 0 Å². The maximum Gasteiger partial charge on any atom is 0.270 e. The first-order valence-corrected chi connectivity index (χ1v) is 7.81. The predicted octanol–water partition coefficient (Wildman–Crippen LogP) is 1.70. The van der Waals surface area contributed by atoms with E-state index in [9.17, 15) is 4.79 Å². The van der Waals surface area contributed by atoms with Gasteiger partial charge in [-0.15, -0.1) is 0 Å². The topological polar surface area (TPSA) is 97.6 Å². The Kier molecular flexibility index (Phi) is 3.37. The zero-order valence-corrected chi connectivity index (χ0v) is 13.4. The number of fused-ring (bicyclic) bond motifs is 1. The van der Waals surface area contributed by atoms with Gasteiger partial charge in [0.2, 0.25) is 5.95 Å². The zero-order chi connectivity index (χ0) is 16.7. The Bertz CT molecular complexity index is 915. The van der Waals surface area contributed by atoms with Crippen molar-refractivity contribution in [2.75, 3.05) is 5.43 Å². The van der Waals surface area contributed by atoms with Crippen LogP contribution in [-0.2, 0) is 7.05 Å². The molecule has 0 aliphatic heterocycles. The number of pyridine rings is 1. The summed E-state index contributed by atoms with van der Waals surface area (Å²) >= 11 is 0. The van der Waals surface area contributed by atoms with Crippen LogP contribution in [0.5, 0.6) is 0 Å². The number of hydrogen-bond donors (Lipinski definition) is 2. The molecule has 1 saturated carbocycles. The summed E-state index contributed by atoms with van der Waals surface area (Å²) in [5.41, 5.74) is 8.41. The van der Waals surface area contributed by atoms with Crippen molar-refractivity contribution >= 4 is 22.9 Å². The van der Waals surface area contributed by atoms with Gasteiger partial charge in [0, 0.05) is 31.1 Å². The van der Waals surface area contributed by atoms with Crippen LogP contribution in [0.25, 0.3) is 11.0 Å². The van der Waals surface area contributed by atoms with E-state index in [4.69, 9.17) is 4.98 Å². The number of nitrogens with one attached hydrogen (secondary N) is 2. The van der Waals surface area contributed by atoms with E-state index in [-0.39, 0.29) is 5.91 Å². The van der Waals surface area contributed by atoms with Crippen LogP contribution in [-0.4, -0.2) is 30.6 Å². The molecular weight excluding hydrogens is 306 g/mol. The fraction of sp³-hybridized carbons (Fsp3) is 0.312. The zero-order valence-electron chi connectivity index (χ0n) is 13.4. The molecule has 0 saturated heterocycles. The monoisotopic (exact) mass is 323 g/mol. The molecule has 1 amide bonds. The molecule has 4 rings (SSSR count). The van der Waals surface area contributed by atoms with Gasteiger partial charge in [0.15, 0.2) is 5.65 Å². The molecule has 2 N–H and O–H groups in total. The molecule has 122 valence electrons. The molecule has 0 spiro atoms. The Labute approximate surface area is 138 Å². The van der Waals surface area contributed by atoms with Crippen molar-refractivity contribution in [3.05, 3.63) is 41.5 Å². The maximum atomic E-state index is 12.7. The van der Waals surface area contributed by atoms with Crippen molar-refractivity contribution < 1.29 is 4.79 Å². The van der Waals surface area contributed by atoms with Gasteiger partial charge in [0.05, 0.1) is 16.6 Å². The van der Waals surface area contributed by atoms with Gasteiger partial charge >= 0.3 is 0 Å². The van der Waals surface area contributed by atoms with E-state index in [2.05, 4.69) is 25.9 Å². The van der Waals surface area contributed by atoms with Crippen LogP contribution in [0.1, 0.15) is 40.5 Å². The Morgan fingerprint density at radius 3 is 2.75 bits per heavy atom. The van der Waals surface area contributed by atoms with Gasteiger partial charge in [-0.1, -0.05) is 0 Å². The average molecular weight is 323 g/mol. The molecular formula is C16H17N7O. The number of carbonyl (C=O) groups is 1. The Morgan fingerprint density at radius 2 is 2.04 bits per heavy atom. The highest BCUT2D eigenvalue weighted by molar-refractivity contribution is 6.06. The third kappa shape index (κ3) is 2.55. The summed E-state index contributed by atoms with van der Waals surface area (Å²) in [5, 5.41) is 5.17. The molecule has 3 heterocycles. The summed E-state index contributed by atoms with van der Waals surface area (Å²) in [4.78, 5) is 25.4. The van der Waals surface area contributed by atoms with E-state index < -0.39 is 0 Å². The van der Waals surface area contributed by atoms with Gasteiger partial charge in [-0.05, 0) is 31.9 Å². The van der Waals surface area contributed by atoms with Crippen molar-refractivity contribution in [3.63, 3.8) is 0 Å². The number of nitrogens with zero attached hydrogens (tertiary/aromatic N) is 5. The summed E-state index contributed by atoms with van der Waals surface area (Å²) in [6, 6.07) is 3.58. The smallest absolute Gasteiger partial charge is 0.267 e. The Morgan fingerprint density at radius 1 is 1.29 bits per heavy atom. The van der Waals surface area contributed by atoms with Crippen LogP contribution in [0.4, 0.5) is 5.95 Å². The lowest BCUT2D eigenvalue weighted by molar-refractivity contribution is 0.0963. The number of anilines is 1. The second kappa shape index (κ2) is 5.55. The Hall–Kier alpha value is -3.03. The van der Waals surface area contributed by atoms with Gasteiger partial charge in [-0.2, -0.15) is 5.10 Å². The van der Waals surface area contributed by atoms with Gasteiger partial charge < -0.3 is 0 Å². The summed E-state index contributed by atoms with van der Waals surface area (Å²) in [6.45, 7) is 1.88. The van der Waals surface area contributed by atoms with E-state index in [1.807, 2.05) is 20.0 Å². The van der Waals surface area contributed by atoms with E-state index in [0.29, 0.717) is 17.4 Å². The largest absolute Gasteiger partial charge is 0.270 e. The quantitative estimate of drug-likeness (QED) is 0.709. The van der Waals surface area contributed by atoms with Crippen LogP contribution >= 0.6 is 0 Å². The molecule has 1 fully saturated rings. The van der Waals surface area contributed by atoms with Crippen molar-refractivity contribution in [1.29, 1.82) is 0 Å². The first-order chi connectivity index (χ1) is 11.6. The first-order valence-electron chi connectivity index (χ1n) is 7.81. The Balaban J connectivity index is 1.70. The molecule has 1 aliphatic carbocycles. The highest BCUT2D eigenvalue weighted by atomic mass is 16.2. The second-order valence-corrected chi connectivity index (χ2v) is 5.93. The number of aryl methyl sites for hydroxylation is 2. The highest BCUT2D eigenvalue weighted by Gasteiger charge is 2.28. The molecule has 8 heteroatoms. The van der Waals surface area contributed by atoms with Gasteiger partial charge in [0.1, 0.15) is 0 Å². The van der Waals surface area contributed by atoms with Crippen LogP contribution in [0.15, 0.2) is 24.5 Å². The SMILES string of the molecule is Cc1nn(C)c2nc(C3CC3)cc(C(=O)NNc3ncccn3)c12. The molecule has 24 heavy (non-hydrogen) atoms. The summed E-state index contributed by atoms with van der Waals surface area (Å²) in [7, 11) is 1.84. The summed E-state index contributed by atoms with van der Waals surface area (Å²) < 4.78 is 1.72. The molecule has 0 bridgehead atoms. The summed E-state index contributed by atoms with van der Waals surface area (Å²) in [5.74, 6) is 0.524. The van der Waals surface area contributed by atoms with Gasteiger partial charge in [-0.3, -0.25) is 20.3 Å². The van der Waals surface area contributed by atoms with Crippen molar-refractivity contribution in [2.45, 2.75) is 25.7 Å². The lowest BCUT2D eigenvalue weighted by Crippen LogP contribution is -2.30. The van der Waals surface area contributed by atoms with Crippen LogP contribution in [0.3, 0.4) is 0 Å². The lowest BCUT2D eigenvalue weighted by Gasteiger charge is -2.09. The average Bonchev–Trinajstić information content (AvgIpc) is 3.40. The van der Waals surface area contributed by atoms with E-state index in [1.54, 1.807) is 23.1 Å². The standard InChI is InChI=1S/C16H17N7O/c1-9-13-11(15(24)20-21-16-17-6-3-7-18-16)8-12(10-4-5-10)19-14(13)23(2)22-9/h3,6-8,10H,4-5H2,1-2H3,(H,20,24)(H,17,18,21). The first kappa shape index (κ1) is 14.6. The third-order valence-corrected chi connectivity index (χ3v) is 4.08. The molecule has 0 radical (unpaired) electrons. The van der Waals surface area contributed by atoms with Gasteiger partial charge in [-0.25, -0.2) is 15.0 Å². The fourth-order valence-corrected chi connectivity index (χ4v) is 2.78. The van der Waals surface area contributed by atoms with Crippen molar-refractivity contribution in [2.24, 2.45) is 7.05 Å². The molecule has 3 aromatic heterocycles.